The first-order valence-corrected chi connectivity index (χ1v) is 3.94. The number of hydrogen-bond donors (Lipinski definition) is 4. The fourth-order valence-corrected chi connectivity index (χ4v) is 1.80. The zero-order valence-corrected chi connectivity index (χ0v) is 6.62. The predicted octanol–water partition coefficient (Wildman–Crippen LogP) is -2.87. The molecule has 4 N–H and O–H groups in total. The van der Waals surface area contributed by atoms with Gasteiger partial charge in [-0.3, -0.25) is 0 Å². The van der Waals surface area contributed by atoms with Gasteiger partial charge in [-0.05, 0) is 0 Å². The van der Waals surface area contributed by atoms with Gasteiger partial charge in [-0.15, -0.1) is 0 Å². The van der Waals surface area contributed by atoms with Crippen LogP contribution in [0.5, 0.6) is 0 Å². The van der Waals surface area contributed by atoms with Crippen LogP contribution in [-0.4, -0.2) is 56.4 Å². The number of hydrogen-bond acceptors (Lipinski definition) is 6. The SMILES string of the molecule is O=C1OC2C(O)C(O)CC1(O)C2O. The van der Waals surface area contributed by atoms with Crippen molar-refractivity contribution in [3.05, 3.63) is 0 Å². The maximum Gasteiger partial charge on any atom is 0.341 e. The van der Waals surface area contributed by atoms with Crippen molar-refractivity contribution in [3.63, 3.8) is 0 Å². The number of carbonyl (C=O) groups excluding carboxylic acids is 1. The standard InChI is InChI=1S/C7H10O6/c8-2-1-7(12)5(10)4(3(2)9)13-6(7)11/h2-5,8-10,12H,1H2. The van der Waals surface area contributed by atoms with Gasteiger partial charge in [0, 0.05) is 6.42 Å². The van der Waals surface area contributed by atoms with Gasteiger partial charge in [0.1, 0.15) is 12.2 Å². The normalized spacial score (nSPS) is 54.9. The molecule has 2 fully saturated rings. The second kappa shape index (κ2) is 2.42. The molecule has 1 aliphatic carbocycles. The first kappa shape index (κ1) is 8.89. The number of aliphatic hydroxyl groups excluding tert-OH is 3. The molecule has 5 unspecified atom stereocenters. The van der Waals surface area contributed by atoms with Crippen molar-refractivity contribution in [2.45, 2.75) is 36.4 Å². The first-order chi connectivity index (χ1) is 5.97. The van der Waals surface area contributed by atoms with E-state index in [9.17, 15) is 25.2 Å². The Morgan fingerprint density at radius 2 is 2.00 bits per heavy atom. The molecule has 1 saturated carbocycles. The Balaban J connectivity index is 2.36. The number of aliphatic hydroxyl groups is 4. The molecule has 2 aliphatic rings. The Hall–Kier alpha value is -0.690. The summed E-state index contributed by atoms with van der Waals surface area (Å²) in [4.78, 5) is 11.0. The summed E-state index contributed by atoms with van der Waals surface area (Å²) in [6, 6.07) is 0. The number of rotatable bonds is 0. The third kappa shape index (κ3) is 0.939. The molecule has 2 rings (SSSR count). The summed E-state index contributed by atoms with van der Waals surface area (Å²) < 4.78 is 4.53. The summed E-state index contributed by atoms with van der Waals surface area (Å²) in [5.74, 6) is -0.986. The van der Waals surface area contributed by atoms with Crippen LogP contribution in [-0.2, 0) is 9.53 Å². The lowest BCUT2D eigenvalue weighted by Crippen LogP contribution is -2.58. The van der Waals surface area contributed by atoms with Crippen LogP contribution in [0.2, 0.25) is 0 Å². The molecule has 74 valence electrons. The monoisotopic (exact) mass is 190 g/mol. The van der Waals surface area contributed by atoms with Crippen molar-refractivity contribution in [1.29, 1.82) is 0 Å². The molecule has 6 heteroatoms. The van der Waals surface area contributed by atoms with E-state index in [1.54, 1.807) is 0 Å². The molecule has 0 aromatic carbocycles. The van der Waals surface area contributed by atoms with Crippen LogP contribution in [0, 0.1) is 0 Å². The van der Waals surface area contributed by atoms with Gasteiger partial charge >= 0.3 is 5.97 Å². The number of carbonyl (C=O) groups is 1. The second-order valence-electron chi connectivity index (χ2n) is 3.50. The van der Waals surface area contributed by atoms with Crippen molar-refractivity contribution < 1.29 is 30.0 Å². The van der Waals surface area contributed by atoms with Gasteiger partial charge in [0.15, 0.2) is 11.7 Å². The minimum Gasteiger partial charge on any atom is -0.454 e. The summed E-state index contributed by atoms with van der Waals surface area (Å²) in [6.07, 6.45) is -5.66. The largest absolute Gasteiger partial charge is 0.454 e. The van der Waals surface area contributed by atoms with Crippen LogP contribution in [0.25, 0.3) is 0 Å². The maximum absolute atomic E-state index is 11.0. The fraction of sp³-hybridized carbons (Fsp3) is 0.857. The molecular weight excluding hydrogens is 180 g/mol. The van der Waals surface area contributed by atoms with Gasteiger partial charge in [-0.25, -0.2) is 4.79 Å². The van der Waals surface area contributed by atoms with Gasteiger partial charge < -0.3 is 25.2 Å². The average molecular weight is 190 g/mol. The highest BCUT2D eigenvalue weighted by molar-refractivity contribution is 5.83. The fourth-order valence-electron chi connectivity index (χ4n) is 1.80. The lowest BCUT2D eigenvalue weighted by Gasteiger charge is -2.34. The summed E-state index contributed by atoms with van der Waals surface area (Å²) in [7, 11) is 0. The van der Waals surface area contributed by atoms with Crippen LogP contribution in [0.15, 0.2) is 0 Å². The summed E-state index contributed by atoms with van der Waals surface area (Å²) in [6.45, 7) is 0. The second-order valence-corrected chi connectivity index (χ2v) is 3.50. The lowest BCUT2D eigenvalue weighted by atomic mass is 9.80. The van der Waals surface area contributed by atoms with Crippen LogP contribution < -0.4 is 0 Å². The molecule has 1 saturated heterocycles. The molecule has 13 heavy (non-hydrogen) atoms. The molecule has 0 radical (unpaired) electrons. The first-order valence-electron chi connectivity index (χ1n) is 3.94. The smallest absolute Gasteiger partial charge is 0.341 e. The minimum atomic E-state index is -2.05. The Bertz CT molecular complexity index is 253. The number of esters is 1. The van der Waals surface area contributed by atoms with E-state index in [0.29, 0.717) is 0 Å². The van der Waals surface area contributed by atoms with E-state index < -0.39 is 42.4 Å². The van der Waals surface area contributed by atoms with Gasteiger partial charge in [0.25, 0.3) is 0 Å². The molecule has 0 aromatic heterocycles. The summed E-state index contributed by atoms with van der Waals surface area (Å²) in [5.41, 5.74) is -2.05. The van der Waals surface area contributed by atoms with Gasteiger partial charge in [0.2, 0.25) is 0 Å². The third-order valence-electron chi connectivity index (χ3n) is 2.65. The topological polar surface area (TPSA) is 107 Å². The van der Waals surface area contributed by atoms with E-state index >= 15 is 0 Å². The zero-order valence-electron chi connectivity index (χ0n) is 6.62. The van der Waals surface area contributed by atoms with E-state index in [0.717, 1.165) is 0 Å². The molecular formula is C7H10O6. The maximum atomic E-state index is 11.0. The van der Waals surface area contributed by atoms with Crippen molar-refractivity contribution >= 4 is 5.97 Å². The highest BCUT2D eigenvalue weighted by Crippen LogP contribution is 2.38. The van der Waals surface area contributed by atoms with Crippen LogP contribution >= 0.6 is 0 Å². The molecule has 0 amide bonds. The van der Waals surface area contributed by atoms with E-state index in [4.69, 9.17) is 0 Å². The molecule has 5 atom stereocenters. The quantitative estimate of drug-likeness (QED) is 0.306. The van der Waals surface area contributed by atoms with E-state index in [-0.39, 0.29) is 0 Å². The lowest BCUT2D eigenvalue weighted by molar-refractivity contribution is -0.162. The van der Waals surface area contributed by atoms with Crippen molar-refractivity contribution in [1.82, 2.24) is 0 Å². The van der Waals surface area contributed by atoms with E-state index in [2.05, 4.69) is 4.74 Å². The van der Waals surface area contributed by atoms with Crippen LogP contribution in [0.3, 0.4) is 0 Å². The van der Waals surface area contributed by atoms with Crippen LogP contribution in [0.4, 0.5) is 0 Å². The predicted molar refractivity (Wildman–Crippen MR) is 37.5 cm³/mol. The molecule has 0 spiro atoms. The number of ether oxygens (including phenoxy) is 1. The van der Waals surface area contributed by atoms with Gasteiger partial charge in [-0.2, -0.15) is 0 Å². The molecule has 6 nitrogen and oxygen atoms in total. The third-order valence-corrected chi connectivity index (χ3v) is 2.65. The van der Waals surface area contributed by atoms with Crippen molar-refractivity contribution in [2.24, 2.45) is 0 Å². The Morgan fingerprint density at radius 3 is 2.62 bits per heavy atom. The summed E-state index contributed by atoms with van der Waals surface area (Å²) in [5, 5.41) is 37.4. The van der Waals surface area contributed by atoms with Gasteiger partial charge in [0.05, 0.1) is 6.10 Å². The van der Waals surface area contributed by atoms with E-state index in [1.807, 2.05) is 0 Å². The highest BCUT2D eigenvalue weighted by atomic mass is 16.6. The zero-order chi connectivity index (χ0) is 9.80. The number of fused-ring (bicyclic) bond motifs is 2. The molecule has 1 aliphatic heterocycles. The Morgan fingerprint density at radius 1 is 1.38 bits per heavy atom. The van der Waals surface area contributed by atoms with Gasteiger partial charge in [-0.1, -0.05) is 0 Å². The average Bonchev–Trinajstić information content (AvgIpc) is 2.22. The minimum absolute atomic E-state index is 0.398. The highest BCUT2D eigenvalue weighted by Gasteiger charge is 2.64. The van der Waals surface area contributed by atoms with Crippen LogP contribution in [0.1, 0.15) is 6.42 Å². The molecule has 2 bridgehead atoms. The summed E-state index contributed by atoms with van der Waals surface area (Å²) >= 11 is 0. The Kier molecular flexibility index (Phi) is 1.65. The molecule has 0 aromatic rings. The Labute approximate surface area is 73.4 Å². The molecule has 1 heterocycles. The van der Waals surface area contributed by atoms with Crippen molar-refractivity contribution in [3.8, 4) is 0 Å². The van der Waals surface area contributed by atoms with E-state index in [1.165, 1.54) is 0 Å². The van der Waals surface area contributed by atoms with Crippen molar-refractivity contribution in [2.75, 3.05) is 0 Å².